The van der Waals surface area contributed by atoms with E-state index in [4.69, 9.17) is 4.98 Å². The Morgan fingerprint density at radius 3 is 2.97 bits per heavy atom. The van der Waals surface area contributed by atoms with Gasteiger partial charge in [0.15, 0.2) is 0 Å². The van der Waals surface area contributed by atoms with Crippen LogP contribution in [0.25, 0.3) is 0 Å². The number of piperidine rings is 1. The second kappa shape index (κ2) is 7.18. The van der Waals surface area contributed by atoms with Gasteiger partial charge in [-0.05, 0) is 69.1 Å². The van der Waals surface area contributed by atoms with E-state index in [-0.39, 0.29) is 11.9 Å². The maximum atomic E-state index is 12.8. The van der Waals surface area contributed by atoms with Gasteiger partial charge >= 0.3 is 0 Å². The number of nitrogens with zero attached hydrogens (tertiary/aromatic N) is 5. The summed E-state index contributed by atoms with van der Waals surface area (Å²) in [4.78, 5) is 20.1. The molecule has 1 saturated heterocycles. The molecular formula is C24H29N7O. The topological polar surface area (TPSA) is 91.7 Å². The first kappa shape index (κ1) is 19.5. The van der Waals surface area contributed by atoms with E-state index in [0.29, 0.717) is 18.2 Å². The first-order valence-corrected chi connectivity index (χ1v) is 11.6. The highest BCUT2D eigenvalue weighted by atomic mass is 16.1. The zero-order chi connectivity index (χ0) is 22.0. The van der Waals surface area contributed by atoms with Gasteiger partial charge in [-0.25, -0.2) is 4.98 Å². The summed E-state index contributed by atoms with van der Waals surface area (Å²) in [5.74, 6) is 2.70. The molecule has 1 saturated carbocycles. The van der Waals surface area contributed by atoms with Gasteiger partial charge in [-0.3, -0.25) is 14.6 Å². The Bertz CT molecular complexity index is 1190. The molecule has 6 rings (SSSR count). The summed E-state index contributed by atoms with van der Waals surface area (Å²) in [6.45, 7) is 8.13. The summed E-state index contributed by atoms with van der Waals surface area (Å²) in [5, 5.41) is 14.9. The van der Waals surface area contributed by atoms with Crippen LogP contribution in [-0.2, 0) is 13.0 Å². The first-order valence-electron chi connectivity index (χ1n) is 11.6. The highest BCUT2D eigenvalue weighted by molar-refractivity contribution is 5.94. The molecule has 32 heavy (non-hydrogen) atoms. The lowest BCUT2D eigenvalue weighted by Gasteiger charge is -2.26. The molecule has 2 N–H and O–H groups in total. The average molecular weight is 432 g/mol. The predicted octanol–water partition coefficient (Wildman–Crippen LogP) is 2.93. The van der Waals surface area contributed by atoms with Crippen LogP contribution in [0, 0.1) is 25.7 Å². The number of nitrogens with one attached hydrogen (secondary N) is 2. The molecule has 3 aromatic rings. The van der Waals surface area contributed by atoms with E-state index in [1.165, 1.54) is 12.0 Å². The third kappa shape index (κ3) is 3.20. The Labute approximate surface area is 187 Å². The van der Waals surface area contributed by atoms with Crippen LogP contribution in [-0.4, -0.2) is 43.5 Å². The van der Waals surface area contributed by atoms with Crippen LogP contribution in [0.4, 0.5) is 5.82 Å². The number of hydrogen-bond acceptors (Lipinski definition) is 5. The molecule has 2 fully saturated rings. The van der Waals surface area contributed by atoms with Gasteiger partial charge in [0.1, 0.15) is 5.82 Å². The minimum absolute atomic E-state index is 0.0381. The Kier molecular flexibility index (Phi) is 4.38. The predicted molar refractivity (Wildman–Crippen MR) is 121 cm³/mol. The number of aromatic amines is 1. The molecule has 1 aliphatic heterocycles. The van der Waals surface area contributed by atoms with Crippen molar-refractivity contribution in [3.63, 3.8) is 0 Å². The zero-order valence-electron chi connectivity index (χ0n) is 18.8. The zero-order valence-corrected chi connectivity index (χ0v) is 18.8. The van der Waals surface area contributed by atoms with E-state index in [1.807, 2.05) is 17.8 Å². The second-order valence-corrected chi connectivity index (χ2v) is 9.67. The number of aromatic nitrogens is 5. The first-order chi connectivity index (χ1) is 15.5. The fourth-order valence-electron chi connectivity index (χ4n) is 5.55. The molecule has 4 atom stereocenters. The van der Waals surface area contributed by atoms with Crippen LogP contribution < -0.4 is 10.2 Å². The summed E-state index contributed by atoms with van der Waals surface area (Å²) >= 11 is 0. The third-order valence-electron chi connectivity index (χ3n) is 7.65. The number of carbonyl (C=O) groups is 1. The van der Waals surface area contributed by atoms with E-state index in [9.17, 15) is 4.79 Å². The number of carbonyl (C=O) groups excluding carboxylic acids is 1. The number of aryl methyl sites for hydroxylation is 2. The van der Waals surface area contributed by atoms with E-state index in [0.717, 1.165) is 59.7 Å². The normalized spacial score (nSPS) is 25.7. The van der Waals surface area contributed by atoms with Crippen molar-refractivity contribution in [2.24, 2.45) is 11.8 Å². The summed E-state index contributed by atoms with van der Waals surface area (Å²) in [7, 11) is 0. The Hall–Kier alpha value is -3.16. The average Bonchev–Trinajstić information content (AvgIpc) is 3.11. The van der Waals surface area contributed by atoms with Crippen molar-refractivity contribution in [2.75, 3.05) is 11.4 Å². The summed E-state index contributed by atoms with van der Waals surface area (Å²) in [5.41, 5.74) is 6.00. The number of fused-ring (bicyclic) bond motifs is 2. The van der Waals surface area contributed by atoms with Crippen LogP contribution in [0.1, 0.15) is 64.4 Å². The molecule has 3 aliphatic rings. The van der Waals surface area contributed by atoms with Crippen molar-refractivity contribution in [1.29, 1.82) is 0 Å². The third-order valence-corrected chi connectivity index (χ3v) is 7.65. The number of anilines is 1. The van der Waals surface area contributed by atoms with Gasteiger partial charge in [0.25, 0.3) is 5.91 Å². The highest BCUT2D eigenvalue weighted by Gasteiger charge is 2.50. The van der Waals surface area contributed by atoms with Gasteiger partial charge in [-0.1, -0.05) is 6.07 Å². The number of hydrogen-bond donors (Lipinski definition) is 2. The Balaban J connectivity index is 1.12. The molecule has 2 aliphatic carbocycles. The Morgan fingerprint density at radius 2 is 2.19 bits per heavy atom. The fraction of sp³-hybridized carbons (Fsp3) is 0.500. The van der Waals surface area contributed by atoms with Crippen molar-refractivity contribution >= 4 is 11.7 Å². The molecule has 8 nitrogen and oxygen atoms in total. The van der Waals surface area contributed by atoms with E-state index in [2.05, 4.69) is 51.5 Å². The van der Waals surface area contributed by atoms with Gasteiger partial charge in [0.05, 0.1) is 30.0 Å². The van der Waals surface area contributed by atoms with Crippen molar-refractivity contribution < 1.29 is 4.79 Å². The lowest BCUT2D eigenvalue weighted by molar-refractivity contribution is 0.0936. The van der Waals surface area contributed by atoms with Crippen molar-refractivity contribution in [3.05, 3.63) is 58.3 Å². The minimum Gasteiger partial charge on any atom is -0.353 e. The highest BCUT2D eigenvalue weighted by Crippen LogP contribution is 2.50. The van der Waals surface area contributed by atoms with Crippen molar-refractivity contribution in [1.82, 2.24) is 30.3 Å². The van der Waals surface area contributed by atoms with Crippen LogP contribution in [0.5, 0.6) is 0 Å². The molecule has 3 aromatic heterocycles. The SMILES string of the molecule is Cc1nc(N2CC3CC3C2C)ccc1Cn1cc(C(=O)NC2CCc3c2n[nH]c3C)cn1. The molecule has 4 unspecified atom stereocenters. The van der Waals surface area contributed by atoms with Gasteiger partial charge in [-0.2, -0.15) is 10.2 Å². The molecule has 0 aromatic carbocycles. The molecule has 1 amide bonds. The van der Waals surface area contributed by atoms with Gasteiger partial charge in [0.2, 0.25) is 0 Å². The van der Waals surface area contributed by atoms with Crippen LogP contribution in [0.2, 0.25) is 0 Å². The molecular weight excluding hydrogens is 402 g/mol. The number of H-pyrrole nitrogens is 1. The summed E-state index contributed by atoms with van der Waals surface area (Å²) < 4.78 is 1.81. The van der Waals surface area contributed by atoms with Gasteiger partial charge in [-0.15, -0.1) is 0 Å². The lowest BCUT2D eigenvalue weighted by Crippen LogP contribution is -2.31. The maximum Gasteiger partial charge on any atom is 0.255 e. The fourth-order valence-corrected chi connectivity index (χ4v) is 5.55. The summed E-state index contributed by atoms with van der Waals surface area (Å²) in [6, 6.07) is 4.83. The number of pyridine rings is 1. The molecule has 0 radical (unpaired) electrons. The molecule has 4 heterocycles. The van der Waals surface area contributed by atoms with Crippen molar-refractivity contribution in [3.8, 4) is 0 Å². The van der Waals surface area contributed by atoms with Crippen LogP contribution in [0.3, 0.4) is 0 Å². The standard InChI is InChI=1S/C24H29N7O/c1-13-16(4-7-22(26-13)31-12-17-8-20(17)15(31)3)10-30-11-18(9-25-30)24(32)27-21-6-5-19-14(2)28-29-23(19)21/h4,7,9,11,15,17,20-21H,5-6,8,10,12H2,1-3H3,(H,27,32)(H,28,29). The van der Waals surface area contributed by atoms with E-state index in [1.54, 1.807) is 6.20 Å². The lowest BCUT2D eigenvalue weighted by atomic mass is 10.2. The molecule has 0 spiro atoms. The van der Waals surface area contributed by atoms with E-state index < -0.39 is 0 Å². The maximum absolute atomic E-state index is 12.8. The monoisotopic (exact) mass is 431 g/mol. The van der Waals surface area contributed by atoms with Crippen molar-refractivity contribution in [2.45, 2.75) is 58.7 Å². The number of amides is 1. The quantitative estimate of drug-likeness (QED) is 0.648. The molecule has 8 heteroatoms. The number of rotatable bonds is 5. The molecule has 166 valence electrons. The summed E-state index contributed by atoms with van der Waals surface area (Å²) in [6.07, 6.45) is 6.66. The Morgan fingerprint density at radius 1 is 1.31 bits per heavy atom. The second-order valence-electron chi connectivity index (χ2n) is 9.67. The molecule has 0 bridgehead atoms. The minimum atomic E-state index is -0.110. The van der Waals surface area contributed by atoms with Gasteiger partial charge < -0.3 is 10.2 Å². The smallest absolute Gasteiger partial charge is 0.255 e. The van der Waals surface area contributed by atoms with Crippen LogP contribution in [0.15, 0.2) is 24.5 Å². The van der Waals surface area contributed by atoms with Crippen LogP contribution >= 0.6 is 0 Å². The largest absolute Gasteiger partial charge is 0.353 e. The van der Waals surface area contributed by atoms with Gasteiger partial charge in [0, 0.05) is 30.2 Å². The van der Waals surface area contributed by atoms with E-state index >= 15 is 0 Å².